The molecule has 1 aliphatic rings. The van der Waals surface area contributed by atoms with Crippen molar-refractivity contribution in [3.8, 4) is 0 Å². The highest BCUT2D eigenvalue weighted by molar-refractivity contribution is 6.35. The molecule has 1 fully saturated rings. The van der Waals surface area contributed by atoms with Crippen LogP contribution in [0.5, 0.6) is 0 Å². The zero-order chi connectivity index (χ0) is 20.2. The van der Waals surface area contributed by atoms with E-state index in [2.05, 4.69) is 10.6 Å². The van der Waals surface area contributed by atoms with Crippen LogP contribution in [0.25, 0.3) is 0 Å². The molecule has 1 aromatic carbocycles. The molecule has 0 aromatic heterocycles. The van der Waals surface area contributed by atoms with Crippen LogP contribution in [0.4, 0.5) is 10.5 Å². The maximum atomic E-state index is 12.6. The summed E-state index contributed by atoms with van der Waals surface area (Å²) in [7, 11) is 0. The van der Waals surface area contributed by atoms with Gasteiger partial charge in [-0.2, -0.15) is 0 Å². The van der Waals surface area contributed by atoms with Gasteiger partial charge in [-0.15, -0.1) is 0 Å². The predicted molar refractivity (Wildman–Crippen MR) is 109 cm³/mol. The summed E-state index contributed by atoms with van der Waals surface area (Å²) in [4.78, 5) is 25.6. The third kappa shape index (κ3) is 6.47. The summed E-state index contributed by atoms with van der Waals surface area (Å²) in [5.41, 5.74) is 0.458. The molecule has 27 heavy (non-hydrogen) atoms. The number of amides is 2. The number of halogens is 2. The van der Waals surface area contributed by atoms with Crippen molar-refractivity contribution in [2.24, 2.45) is 11.3 Å². The second kappa shape index (κ2) is 9.02. The fourth-order valence-corrected chi connectivity index (χ4v) is 4.15. The highest BCUT2D eigenvalue weighted by atomic mass is 35.5. The number of carbonyl (C=O) groups excluding carboxylic acids is 1. The Labute approximate surface area is 170 Å². The second-order valence-corrected chi connectivity index (χ2v) is 8.92. The van der Waals surface area contributed by atoms with Crippen LogP contribution in [0.2, 0.25) is 10.0 Å². The summed E-state index contributed by atoms with van der Waals surface area (Å²) >= 11 is 12.0. The number of rotatable bonds is 5. The van der Waals surface area contributed by atoms with E-state index in [1.807, 2.05) is 20.8 Å². The molecular formula is C19H27Cl2N3O3. The summed E-state index contributed by atoms with van der Waals surface area (Å²) in [5.74, 6) is 0.0539. The lowest BCUT2D eigenvalue weighted by atomic mass is 9.76. The fourth-order valence-electron chi connectivity index (χ4n) is 3.63. The lowest BCUT2D eigenvalue weighted by Gasteiger charge is -2.42. The second-order valence-electron chi connectivity index (χ2n) is 8.05. The molecule has 1 saturated heterocycles. The highest BCUT2D eigenvalue weighted by Gasteiger charge is 2.36. The first kappa shape index (κ1) is 21.6. The minimum Gasteiger partial charge on any atom is -0.465 e. The minimum absolute atomic E-state index is 0.0289. The topological polar surface area (TPSA) is 81.7 Å². The molecular weight excluding hydrogens is 389 g/mol. The molecule has 2 amide bonds. The molecule has 3 N–H and O–H groups in total. The number of carboxylic acid groups (broad SMARTS) is 1. The number of hydrogen-bond acceptors (Lipinski definition) is 3. The van der Waals surface area contributed by atoms with Crippen molar-refractivity contribution in [1.82, 2.24) is 10.2 Å². The Morgan fingerprint density at radius 1 is 1.26 bits per heavy atom. The summed E-state index contributed by atoms with van der Waals surface area (Å²) < 4.78 is 0. The maximum absolute atomic E-state index is 12.6. The Balaban J connectivity index is 1.99. The molecule has 150 valence electrons. The monoisotopic (exact) mass is 415 g/mol. The number of benzene rings is 1. The van der Waals surface area contributed by atoms with Gasteiger partial charge in [0.25, 0.3) is 0 Å². The molecule has 0 aliphatic carbocycles. The lowest BCUT2D eigenvalue weighted by Crippen LogP contribution is -2.54. The van der Waals surface area contributed by atoms with Crippen LogP contribution in [0.1, 0.15) is 33.6 Å². The van der Waals surface area contributed by atoms with E-state index in [1.54, 1.807) is 23.1 Å². The van der Waals surface area contributed by atoms with Crippen LogP contribution in [0.3, 0.4) is 0 Å². The maximum Gasteiger partial charge on any atom is 0.404 e. The normalized spacial score (nSPS) is 18.7. The van der Waals surface area contributed by atoms with Crippen molar-refractivity contribution in [2.45, 2.75) is 39.7 Å². The van der Waals surface area contributed by atoms with Crippen molar-refractivity contribution in [1.29, 1.82) is 0 Å². The van der Waals surface area contributed by atoms with Crippen molar-refractivity contribution in [3.63, 3.8) is 0 Å². The number of nitrogens with zero attached hydrogens (tertiary/aromatic N) is 1. The molecule has 1 aliphatic heterocycles. The molecule has 6 nitrogen and oxygen atoms in total. The number of nitrogens with one attached hydrogen (secondary N) is 2. The molecule has 8 heteroatoms. The van der Waals surface area contributed by atoms with Gasteiger partial charge in [0, 0.05) is 34.9 Å². The first-order chi connectivity index (χ1) is 12.6. The first-order valence-corrected chi connectivity index (χ1v) is 9.79. The summed E-state index contributed by atoms with van der Waals surface area (Å²) in [5, 5.41) is 15.9. The van der Waals surface area contributed by atoms with Gasteiger partial charge in [-0.3, -0.25) is 4.79 Å². The van der Waals surface area contributed by atoms with Gasteiger partial charge in [0.1, 0.15) is 0 Å². The predicted octanol–water partition coefficient (Wildman–Crippen LogP) is 4.33. The van der Waals surface area contributed by atoms with Gasteiger partial charge >= 0.3 is 6.09 Å². The van der Waals surface area contributed by atoms with E-state index in [-0.39, 0.29) is 29.8 Å². The van der Waals surface area contributed by atoms with Gasteiger partial charge in [0.2, 0.25) is 5.91 Å². The molecule has 0 spiro atoms. The Hall–Kier alpha value is -1.66. The van der Waals surface area contributed by atoms with Crippen LogP contribution >= 0.6 is 23.2 Å². The van der Waals surface area contributed by atoms with E-state index in [0.717, 1.165) is 12.8 Å². The van der Waals surface area contributed by atoms with Crippen molar-refractivity contribution < 1.29 is 14.7 Å². The van der Waals surface area contributed by atoms with Gasteiger partial charge in [0.05, 0.1) is 6.54 Å². The summed E-state index contributed by atoms with van der Waals surface area (Å²) in [6.07, 6.45) is 0.717. The van der Waals surface area contributed by atoms with E-state index in [0.29, 0.717) is 28.8 Å². The molecule has 1 unspecified atom stereocenters. The van der Waals surface area contributed by atoms with E-state index in [9.17, 15) is 14.7 Å². The van der Waals surface area contributed by atoms with E-state index in [4.69, 9.17) is 23.2 Å². The minimum atomic E-state index is -1.03. The van der Waals surface area contributed by atoms with E-state index in [1.165, 1.54) is 0 Å². The Morgan fingerprint density at radius 2 is 1.89 bits per heavy atom. The lowest BCUT2D eigenvalue weighted by molar-refractivity contribution is -0.131. The molecule has 2 atom stereocenters. The van der Waals surface area contributed by atoms with Gasteiger partial charge in [0.15, 0.2) is 0 Å². The quantitative estimate of drug-likeness (QED) is 0.668. The van der Waals surface area contributed by atoms with Crippen LogP contribution in [0, 0.1) is 11.3 Å². The Kier molecular flexibility index (Phi) is 7.23. The zero-order valence-corrected chi connectivity index (χ0v) is 17.4. The number of carbonyl (C=O) groups is 2. The van der Waals surface area contributed by atoms with Crippen molar-refractivity contribution >= 4 is 40.9 Å². The standard InChI is InChI=1S/C19H27Cl2N3O3/c1-19(2,3)17(23-18(26)27)12-5-4-6-24(11-12)16(25)10-22-15-8-13(20)7-14(21)9-15/h7-9,12,17,22-23H,4-6,10-11H2,1-3H3,(H,26,27)/t12-,17?/m0/s1. The SMILES string of the molecule is CC(C)(C)C(NC(=O)O)[C@H]1CCCN(C(=O)CNc2cc(Cl)cc(Cl)c2)C1. The smallest absolute Gasteiger partial charge is 0.404 e. The highest BCUT2D eigenvalue weighted by Crippen LogP contribution is 2.31. The summed E-state index contributed by atoms with van der Waals surface area (Å²) in [6, 6.07) is 4.84. The average Bonchev–Trinajstić information content (AvgIpc) is 2.55. The number of likely N-dealkylation sites (tertiary alicyclic amines) is 1. The van der Waals surface area contributed by atoms with Gasteiger partial charge < -0.3 is 20.6 Å². The first-order valence-electron chi connectivity index (χ1n) is 9.03. The molecule has 0 saturated carbocycles. The van der Waals surface area contributed by atoms with Gasteiger partial charge in [-0.1, -0.05) is 44.0 Å². The van der Waals surface area contributed by atoms with Crippen LogP contribution in [-0.2, 0) is 4.79 Å². The third-order valence-corrected chi connectivity index (χ3v) is 5.24. The largest absolute Gasteiger partial charge is 0.465 e. The number of anilines is 1. The van der Waals surface area contributed by atoms with Crippen LogP contribution in [0.15, 0.2) is 18.2 Å². The molecule has 0 radical (unpaired) electrons. The Bertz CT molecular complexity index is 671. The van der Waals surface area contributed by atoms with Gasteiger partial charge in [-0.25, -0.2) is 4.79 Å². The van der Waals surface area contributed by atoms with Crippen molar-refractivity contribution in [3.05, 3.63) is 28.2 Å². The van der Waals surface area contributed by atoms with E-state index < -0.39 is 6.09 Å². The number of piperidine rings is 1. The zero-order valence-electron chi connectivity index (χ0n) is 15.9. The average molecular weight is 416 g/mol. The fraction of sp³-hybridized carbons (Fsp3) is 0.579. The van der Waals surface area contributed by atoms with Crippen LogP contribution < -0.4 is 10.6 Å². The Morgan fingerprint density at radius 3 is 2.44 bits per heavy atom. The van der Waals surface area contributed by atoms with Crippen LogP contribution in [-0.4, -0.2) is 47.7 Å². The number of hydrogen-bond donors (Lipinski definition) is 3. The summed E-state index contributed by atoms with van der Waals surface area (Å²) in [6.45, 7) is 7.39. The molecule has 1 aromatic rings. The van der Waals surface area contributed by atoms with Gasteiger partial charge in [-0.05, 0) is 42.4 Å². The molecule has 1 heterocycles. The third-order valence-electron chi connectivity index (χ3n) is 4.80. The van der Waals surface area contributed by atoms with E-state index >= 15 is 0 Å². The molecule has 2 rings (SSSR count). The molecule has 0 bridgehead atoms. The van der Waals surface area contributed by atoms with Crippen molar-refractivity contribution in [2.75, 3.05) is 25.0 Å².